The first-order valence-electron chi connectivity index (χ1n) is 10.2. The van der Waals surface area contributed by atoms with Gasteiger partial charge in [-0.1, -0.05) is 11.3 Å². The van der Waals surface area contributed by atoms with Gasteiger partial charge in [-0.15, -0.1) is 10.2 Å². The first-order valence-corrected chi connectivity index (χ1v) is 12.5. The van der Waals surface area contributed by atoms with Gasteiger partial charge in [-0.2, -0.15) is 0 Å². The van der Waals surface area contributed by atoms with Crippen molar-refractivity contribution < 1.29 is 21.9 Å². The Morgan fingerprint density at radius 3 is 2.59 bits per heavy atom. The monoisotopic (exact) mass is 482 g/mol. The Kier molecular flexibility index (Phi) is 4.24. The molecule has 2 saturated heterocycles. The summed E-state index contributed by atoms with van der Waals surface area (Å²) in [5.41, 5.74) is 1.10. The van der Waals surface area contributed by atoms with Gasteiger partial charge in [0.1, 0.15) is 4.90 Å². The summed E-state index contributed by atoms with van der Waals surface area (Å²) in [4.78, 5) is 6.58. The number of anilines is 1. The first-order chi connectivity index (χ1) is 15.2. The van der Waals surface area contributed by atoms with Crippen LogP contribution in [0.5, 0.6) is 0 Å². The van der Waals surface area contributed by atoms with Crippen molar-refractivity contribution in [2.45, 2.75) is 36.6 Å². The van der Waals surface area contributed by atoms with Gasteiger partial charge in [0.25, 0.3) is 6.43 Å². The molecule has 0 amide bonds. The molecule has 0 unspecified atom stereocenters. The lowest BCUT2D eigenvalue weighted by molar-refractivity contribution is -0.126. The van der Waals surface area contributed by atoms with Gasteiger partial charge in [-0.3, -0.25) is 4.40 Å². The summed E-state index contributed by atoms with van der Waals surface area (Å²) in [6.07, 6.45) is 1.92. The van der Waals surface area contributed by atoms with Crippen LogP contribution in [0.2, 0.25) is 0 Å². The average molecular weight is 483 g/mol. The van der Waals surface area contributed by atoms with Crippen LogP contribution in [-0.2, 0) is 14.8 Å². The van der Waals surface area contributed by atoms with E-state index in [-0.39, 0.29) is 21.1 Å². The number of rotatable bonds is 6. The second-order valence-electron chi connectivity index (χ2n) is 9.16. The Balaban J connectivity index is 1.47. The topological polar surface area (TPSA) is 102 Å². The normalized spacial score (nSPS) is 21.2. The van der Waals surface area contributed by atoms with Crippen molar-refractivity contribution in [1.82, 2.24) is 24.3 Å². The molecule has 5 heterocycles. The largest absolute Gasteiger partial charge is 0.380 e. The number of imidazole rings is 1. The summed E-state index contributed by atoms with van der Waals surface area (Å²) in [5.74, 6) is 0.280. The maximum Gasteiger partial charge on any atom is 0.291 e. The van der Waals surface area contributed by atoms with E-state index < -0.39 is 27.0 Å². The zero-order chi connectivity index (χ0) is 22.3. The van der Waals surface area contributed by atoms with E-state index >= 15 is 0 Å². The van der Waals surface area contributed by atoms with E-state index in [1.165, 1.54) is 6.20 Å². The molecule has 1 N–H and O–H groups in total. The molecule has 32 heavy (non-hydrogen) atoms. The zero-order valence-corrected chi connectivity index (χ0v) is 18.7. The van der Waals surface area contributed by atoms with E-state index in [4.69, 9.17) is 4.74 Å². The number of nitrogens with zero attached hydrogens (tertiary/aromatic N) is 5. The van der Waals surface area contributed by atoms with Crippen LogP contribution in [0.1, 0.15) is 31.2 Å². The number of alkyl halides is 2. The smallest absolute Gasteiger partial charge is 0.291 e. The Bertz CT molecular complexity index is 1320. The third kappa shape index (κ3) is 3.21. The third-order valence-corrected chi connectivity index (χ3v) is 8.85. The highest BCUT2D eigenvalue weighted by Gasteiger charge is 2.49. The van der Waals surface area contributed by atoms with Gasteiger partial charge in [0.2, 0.25) is 10.0 Å². The molecule has 2 aliphatic heterocycles. The Morgan fingerprint density at radius 1 is 1.25 bits per heavy atom. The minimum atomic E-state index is -3.80. The van der Waals surface area contributed by atoms with Crippen molar-refractivity contribution in [3.8, 4) is 10.8 Å². The van der Waals surface area contributed by atoms with Crippen molar-refractivity contribution >= 4 is 32.6 Å². The van der Waals surface area contributed by atoms with Crippen LogP contribution >= 0.6 is 11.3 Å². The molecule has 170 valence electrons. The first kappa shape index (κ1) is 20.4. The number of ether oxygens (including phenoxy) is 1. The summed E-state index contributed by atoms with van der Waals surface area (Å²) in [5, 5.41) is 7.19. The molecule has 1 spiro atoms. The number of nitrogens with one attached hydrogen (secondary N) is 1. The van der Waals surface area contributed by atoms with E-state index in [0.717, 1.165) is 43.0 Å². The number of halogens is 2. The molecule has 3 fully saturated rings. The average Bonchev–Trinajstić information content (AvgIpc) is 3.08. The lowest BCUT2D eigenvalue weighted by atomic mass is 9.78. The van der Waals surface area contributed by atoms with Crippen molar-refractivity contribution in [2.75, 3.05) is 31.2 Å². The molecule has 3 aromatic rings. The molecular weight excluding hydrogens is 462 g/mol. The number of sulfonamides is 1. The van der Waals surface area contributed by atoms with Gasteiger partial charge < -0.3 is 9.64 Å². The number of pyridine rings is 1. The molecule has 3 aromatic heterocycles. The summed E-state index contributed by atoms with van der Waals surface area (Å²) in [7, 11) is -3.80. The summed E-state index contributed by atoms with van der Waals surface area (Å²) in [6, 6.07) is 1.66. The molecule has 1 aliphatic carbocycles. The fourth-order valence-electron chi connectivity index (χ4n) is 4.21. The van der Waals surface area contributed by atoms with Crippen molar-refractivity contribution in [3.63, 3.8) is 0 Å². The lowest BCUT2D eigenvalue weighted by Gasteiger charge is -2.56. The van der Waals surface area contributed by atoms with Gasteiger partial charge in [0.15, 0.2) is 15.8 Å². The summed E-state index contributed by atoms with van der Waals surface area (Å²) >= 11 is 0.743. The Labute approximate surface area is 186 Å². The van der Waals surface area contributed by atoms with Crippen molar-refractivity contribution in [3.05, 3.63) is 23.5 Å². The van der Waals surface area contributed by atoms with Gasteiger partial charge in [-0.25, -0.2) is 26.9 Å². The fraction of sp³-hybridized carbons (Fsp3) is 0.526. The van der Waals surface area contributed by atoms with E-state index in [0.29, 0.717) is 18.7 Å². The van der Waals surface area contributed by atoms with E-state index in [2.05, 4.69) is 24.8 Å². The molecule has 3 aliphatic rings. The lowest BCUT2D eigenvalue weighted by Crippen LogP contribution is -2.66. The van der Waals surface area contributed by atoms with E-state index in [1.54, 1.807) is 16.7 Å². The van der Waals surface area contributed by atoms with Crippen LogP contribution in [0.3, 0.4) is 0 Å². The van der Waals surface area contributed by atoms with Crippen LogP contribution in [0.15, 0.2) is 23.4 Å². The van der Waals surface area contributed by atoms with Gasteiger partial charge in [0.05, 0.1) is 36.0 Å². The molecule has 0 radical (unpaired) electrons. The molecule has 0 aromatic carbocycles. The number of aromatic nitrogens is 4. The molecule has 1 saturated carbocycles. The number of fused-ring (bicyclic) bond motifs is 1. The quantitative estimate of drug-likeness (QED) is 0.576. The highest BCUT2D eigenvalue weighted by atomic mass is 32.2. The number of hydrogen-bond donors (Lipinski definition) is 1. The highest BCUT2D eigenvalue weighted by molar-refractivity contribution is 7.89. The second-order valence-corrected chi connectivity index (χ2v) is 11.9. The predicted octanol–water partition coefficient (Wildman–Crippen LogP) is 2.46. The van der Waals surface area contributed by atoms with Gasteiger partial charge >= 0.3 is 0 Å². The Hall–Kier alpha value is -2.22. The molecule has 6 rings (SSSR count). The predicted molar refractivity (Wildman–Crippen MR) is 112 cm³/mol. The van der Waals surface area contributed by atoms with Crippen LogP contribution in [-0.4, -0.2) is 59.8 Å². The maximum absolute atomic E-state index is 13.2. The molecule has 9 nitrogen and oxygen atoms in total. The van der Waals surface area contributed by atoms with E-state index in [9.17, 15) is 17.2 Å². The van der Waals surface area contributed by atoms with Gasteiger partial charge in [0, 0.05) is 24.8 Å². The van der Waals surface area contributed by atoms with Crippen molar-refractivity contribution in [1.29, 1.82) is 0 Å². The second kappa shape index (κ2) is 6.65. The third-order valence-electron chi connectivity index (χ3n) is 6.31. The summed E-state index contributed by atoms with van der Waals surface area (Å²) in [6.45, 7) is 4.78. The van der Waals surface area contributed by atoms with Crippen molar-refractivity contribution in [2.24, 2.45) is 5.41 Å². The van der Waals surface area contributed by atoms with Gasteiger partial charge in [-0.05, 0) is 25.8 Å². The standard InChI is InChI=1S/C19H20F2N6O3S2/c1-18(2-3-18)25-32(28,29)11-4-12(26-7-19(8-26)9-30-10-19)13-5-22-15(27(13)6-11)17-24-23-16(31-17)14(20)21/h4-6,14,25H,2-3,7-10H2,1H3. The maximum atomic E-state index is 13.2. The fourth-order valence-corrected chi connectivity index (χ4v) is 6.38. The minimum absolute atomic E-state index is 0.0942. The van der Waals surface area contributed by atoms with Crippen LogP contribution in [0.4, 0.5) is 14.5 Å². The summed E-state index contributed by atoms with van der Waals surface area (Å²) < 4.78 is 62.1. The molecule has 13 heteroatoms. The SMILES string of the molecule is CC1(NS(=O)(=O)c2cc(N3CC4(COC4)C3)c3cnc(-c4nnc(C(F)F)s4)n3c2)CC1. The van der Waals surface area contributed by atoms with Crippen LogP contribution in [0.25, 0.3) is 16.3 Å². The Morgan fingerprint density at radius 2 is 2.00 bits per heavy atom. The molecule has 0 atom stereocenters. The molecule has 0 bridgehead atoms. The van der Waals surface area contributed by atoms with E-state index in [1.807, 2.05) is 6.92 Å². The van der Waals surface area contributed by atoms with Crippen LogP contribution < -0.4 is 9.62 Å². The number of hydrogen-bond acceptors (Lipinski definition) is 8. The molecular formula is C19H20F2N6O3S2. The zero-order valence-electron chi connectivity index (χ0n) is 17.1. The minimum Gasteiger partial charge on any atom is -0.380 e. The highest BCUT2D eigenvalue weighted by Crippen LogP contribution is 2.43. The van der Waals surface area contributed by atoms with Crippen LogP contribution in [0, 0.1) is 5.41 Å².